The monoisotopic (exact) mass is 386 g/mol. The standard InChI is InChI=1S/C21H23FN2O4/c1-21(2,3)15-6-10-18(11-7-15)27-13-17(25)12-24-20(26)28-19(23-24)14-4-8-16(22)9-5-14/h4-11,17,25H,12-13H2,1-3H3/t17-/m0/s1. The van der Waals surface area contributed by atoms with Crippen LogP contribution in [0.3, 0.4) is 0 Å². The lowest BCUT2D eigenvalue weighted by molar-refractivity contribution is 0.0875. The van der Waals surface area contributed by atoms with Crippen LogP contribution in [-0.2, 0) is 12.0 Å². The summed E-state index contributed by atoms with van der Waals surface area (Å²) in [7, 11) is 0. The predicted octanol–water partition coefficient (Wildman–Crippen LogP) is 3.38. The first-order valence-electron chi connectivity index (χ1n) is 8.98. The molecule has 1 atom stereocenters. The lowest BCUT2D eigenvalue weighted by atomic mass is 9.87. The van der Waals surface area contributed by atoms with E-state index in [1.807, 2.05) is 24.3 Å². The van der Waals surface area contributed by atoms with Crippen molar-refractivity contribution in [2.75, 3.05) is 6.61 Å². The zero-order valence-corrected chi connectivity index (χ0v) is 16.1. The van der Waals surface area contributed by atoms with Crippen molar-refractivity contribution < 1.29 is 18.7 Å². The highest BCUT2D eigenvalue weighted by Gasteiger charge is 2.16. The fraction of sp³-hybridized carbons (Fsp3) is 0.333. The highest BCUT2D eigenvalue weighted by Crippen LogP contribution is 2.24. The van der Waals surface area contributed by atoms with Crippen molar-refractivity contribution in [1.29, 1.82) is 0 Å². The molecule has 0 amide bonds. The van der Waals surface area contributed by atoms with Crippen molar-refractivity contribution in [3.63, 3.8) is 0 Å². The number of benzene rings is 2. The molecule has 0 bridgehead atoms. The molecule has 3 aromatic rings. The number of aliphatic hydroxyl groups excluding tert-OH is 1. The van der Waals surface area contributed by atoms with Gasteiger partial charge in [0.15, 0.2) is 0 Å². The molecule has 0 aliphatic heterocycles. The van der Waals surface area contributed by atoms with Gasteiger partial charge in [-0.15, -0.1) is 5.10 Å². The van der Waals surface area contributed by atoms with Gasteiger partial charge >= 0.3 is 5.76 Å². The molecule has 0 saturated carbocycles. The van der Waals surface area contributed by atoms with E-state index in [0.29, 0.717) is 11.3 Å². The third kappa shape index (κ3) is 4.86. The van der Waals surface area contributed by atoms with Crippen LogP contribution in [0.1, 0.15) is 26.3 Å². The molecule has 0 saturated heterocycles. The maximum absolute atomic E-state index is 13.0. The quantitative estimate of drug-likeness (QED) is 0.703. The first-order chi connectivity index (χ1) is 13.2. The zero-order chi connectivity index (χ0) is 20.3. The molecule has 1 heterocycles. The molecule has 0 aliphatic carbocycles. The fourth-order valence-corrected chi connectivity index (χ4v) is 2.63. The molecule has 1 aromatic heterocycles. The van der Waals surface area contributed by atoms with E-state index in [1.165, 1.54) is 29.8 Å². The summed E-state index contributed by atoms with van der Waals surface area (Å²) in [5.41, 5.74) is 1.71. The number of nitrogens with zero attached hydrogens (tertiary/aromatic N) is 2. The molecule has 0 spiro atoms. The van der Waals surface area contributed by atoms with E-state index in [2.05, 4.69) is 25.9 Å². The van der Waals surface area contributed by atoms with Crippen LogP contribution in [0.5, 0.6) is 5.75 Å². The van der Waals surface area contributed by atoms with Crippen molar-refractivity contribution in [2.24, 2.45) is 0 Å². The molecule has 28 heavy (non-hydrogen) atoms. The van der Waals surface area contributed by atoms with Gasteiger partial charge in [0.2, 0.25) is 5.89 Å². The number of hydrogen-bond acceptors (Lipinski definition) is 5. The number of halogens is 1. The molecule has 0 radical (unpaired) electrons. The fourth-order valence-electron chi connectivity index (χ4n) is 2.63. The Hall–Kier alpha value is -2.93. The van der Waals surface area contributed by atoms with Gasteiger partial charge in [-0.3, -0.25) is 0 Å². The molecule has 1 N–H and O–H groups in total. The van der Waals surface area contributed by atoms with Crippen molar-refractivity contribution in [3.8, 4) is 17.2 Å². The molecular weight excluding hydrogens is 363 g/mol. The van der Waals surface area contributed by atoms with Crippen LogP contribution >= 0.6 is 0 Å². The zero-order valence-electron chi connectivity index (χ0n) is 16.1. The van der Waals surface area contributed by atoms with Gasteiger partial charge in [0.25, 0.3) is 0 Å². The Morgan fingerprint density at radius 3 is 2.39 bits per heavy atom. The third-order valence-electron chi connectivity index (χ3n) is 4.24. The normalized spacial score (nSPS) is 12.8. The topological polar surface area (TPSA) is 77.5 Å². The van der Waals surface area contributed by atoms with Gasteiger partial charge in [-0.05, 0) is 47.4 Å². The lowest BCUT2D eigenvalue weighted by Gasteiger charge is -2.19. The minimum absolute atomic E-state index is 0.0000457. The van der Waals surface area contributed by atoms with Crippen molar-refractivity contribution in [3.05, 3.63) is 70.5 Å². The van der Waals surface area contributed by atoms with Crippen LogP contribution in [0.15, 0.2) is 57.7 Å². The molecule has 0 unspecified atom stereocenters. The van der Waals surface area contributed by atoms with Crippen LogP contribution < -0.4 is 10.5 Å². The summed E-state index contributed by atoms with van der Waals surface area (Å²) in [5, 5.41) is 14.2. The van der Waals surface area contributed by atoms with Gasteiger partial charge in [0, 0.05) is 5.56 Å². The Bertz CT molecular complexity index is 969. The number of rotatable bonds is 6. The summed E-state index contributed by atoms with van der Waals surface area (Å²) in [6.45, 7) is 6.30. The molecule has 3 rings (SSSR count). The van der Waals surface area contributed by atoms with Crippen LogP contribution in [0.2, 0.25) is 0 Å². The molecule has 148 valence electrons. The summed E-state index contributed by atoms with van der Waals surface area (Å²) in [4.78, 5) is 11.9. The Morgan fingerprint density at radius 1 is 1.14 bits per heavy atom. The Labute approximate surface area is 162 Å². The van der Waals surface area contributed by atoms with Crippen molar-refractivity contribution in [1.82, 2.24) is 9.78 Å². The van der Waals surface area contributed by atoms with Crippen LogP contribution in [0.4, 0.5) is 4.39 Å². The van der Waals surface area contributed by atoms with Gasteiger partial charge in [-0.25, -0.2) is 9.18 Å². The first-order valence-corrected chi connectivity index (χ1v) is 8.98. The minimum atomic E-state index is -0.953. The summed E-state index contributed by atoms with van der Waals surface area (Å²) >= 11 is 0. The largest absolute Gasteiger partial charge is 0.491 e. The molecule has 6 nitrogen and oxygen atoms in total. The SMILES string of the molecule is CC(C)(C)c1ccc(OC[C@@H](O)Cn2nc(-c3ccc(F)cc3)oc2=O)cc1. The third-order valence-corrected chi connectivity index (χ3v) is 4.24. The smallest absolute Gasteiger partial charge is 0.437 e. The van der Waals surface area contributed by atoms with Crippen LogP contribution in [0.25, 0.3) is 11.5 Å². The van der Waals surface area contributed by atoms with E-state index in [4.69, 9.17) is 9.15 Å². The molecule has 0 fully saturated rings. The molecule has 7 heteroatoms. The van der Waals surface area contributed by atoms with E-state index < -0.39 is 17.7 Å². The Kier molecular flexibility index (Phi) is 5.65. The predicted molar refractivity (Wildman–Crippen MR) is 103 cm³/mol. The minimum Gasteiger partial charge on any atom is -0.491 e. The maximum atomic E-state index is 13.0. The van der Waals surface area contributed by atoms with Crippen molar-refractivity contribution in [2.45, 2.75) is 38.8 Å². The molecular formula is C21H23FN2O4. The number of ether oxygens (including phenoxy) is 1. The molecule has 2 aromatic carbocycles. The van der Waals surface area contributed by atoms with Gasteiger partial charge < -0.3 is 14.3 Å². The second kappa shape index (κ2) is 7.98. The summed E-state index contributed by atoms with van der Waals surface area (Å²) in [6.07, 6.45) is -0.953. The highest BCUT2D eigenvalue weighted by atomic mass is 19.1. The maximum Gasteiger partial charge on any atom is 0.437 e. The van der Waals surface area contributed by atoms with Gasteiger partial charge in [0.1, 0.15) is 24.3 Å². The average Bonchev–Trinajstić information content (AvgIpc) is 3.00. The summed E-state index contributed by atoms with van der Waals surface area (Å²) in [6, 6.07) is 13.1. The van der Waals surface area contributed by atoms with E-state index in [1.54, 1.807) is 0 Å². The highest BCUT2D eigenvalue weighted by molar-refractivity contribution is 5.51. The summed E-state index contributed by atoms with van der Waals surface area (Å²) < 4.78 is 24.7. The Morgan fingerprint density at radius 2 is 1.79 bits per heavy atom. The average molecular weight is 386 g/mol. The summed E-state index contributed by atoms with van der Waals surface area (Å²) in [5.74, 6) is -0.399. The Balaban J connectivity index is 1.60. The first kappa shape index (κ1) is 19.8. The molecule has 0 aliphatic rings. The van der Waals surface area contributed by atoms with Crippen LogP contribution in [0, 0.1) is 5.82 Å². The van der Waals surface area contributed by atoms with Gasteiger partial charge in [-0.1, -0.05) is 32.9 Å². The van der Waals surface area contributed by atoms with Crippen molar-refractivity contribution >= 4 is 0 Å². The second-order valence-corrected chi connectivity index (χ2v) is 7.60. The second-order valence-electron chi connectivity index (χ2n) is 7.60. The van der Waals surface area contributed by atoms with Gasteiger partial charge in [0.05, 0.1) is 6.54 Å². The van der Waals surface area contributed by atoms with E-state index in [9.17, 15) is 14.3 Å². The van der Waals surface area contributed by atoms with E-state index in [0.717, 1.165) is 4.68 Å². The van der Waals surface area contributed by atoms with E-state index in [-0.39, 0.29) is 24.5 Å². The lowest BCUT2D eigenvalue weighted by Crippen LogP contribution is -2.29. The van der Waals surface area contributed by atoms with E-state index >= 15 is 0 Å². The van der Waals surface area contributed by atoms with Crippen LogP contribution in [-0.4, -0.2) is 27.6 Å². The van der Waals surface area contributed by atoms with Gasteiger partial charge in [-0.2, -0.15) is 4.68 Å². The number of hydrogen-bond donors (Lipinski definition) is 1. The number of aliphatic hydroxyl groups is 1. The number of aromatic nitrogens is 2.